The topological polar surface area (TPSA) is 139 Å². The molecule has 2 aromatic carbocycles. The fourth-order valence-corrected chi connectivity index (χ4v) is 7.08. The Balaban J connectivity index is 1.21. The van der Waals surface area contributed by atoms with E-state index in [-0.39, 0.29) is 42.4 Å². The molecule has 0 saturated carbocycles. The quantitative estimate of drug-likeness (QED) is 0.339. The van der Waals surface area contributed by atoms with E-state index in [1.165, 1.54) is 16.1 Å². The van der Waals surface area contributed by atoms with E-state index in [9.17, 15) is 26.4 Å². The molecule has 246 valence electrons. The Morgan fingerprint density at radius 1 is 1.07 bits per heavy atom. The molecule has 2 fully saturated rings. The first-order valence-corrected chi connectivity index (χ1v) is 16.0. The van der Waals surface area contributed by atoms with Crippen molar-refractivity contribution >= 4 is 27.8 Å². The van der Waals surface area contributed by atoms with E-state index in [0.29, 0.717) is 18.1 Å². The van der Waals surface area contributed by atoms with E-state index >= 15 is 0 Å². The van der Waals surface area contributed by atoms with Crippen molar-refractivity contribution in [2.75, 3.05) is 29.9 Å². The number of piperazine rings is 1. The molecule has 0 radical (unpaired) electrons. The van der Waals surface area contributed by atoms with Gasteiger partial charge in [-0.3, -0.25) is 10.6 Å². The van der Waals surface area contributed by atoms with Crippen LogP contribution in [0.5, 0.6) is 5.75 Å². The van der Waals surface area contributed by atoms with Crippen molar-refractivity contribution in [3.63, 3.8) is 0 Å². The first kappa shape index (κ1) is 32.0. The van der Waals surface area contributed by atoms with Gasteiger partial charge in [0.2, 0.25) is 10.0 Å². The van der Waals surface area contributed by atoms with Crippen molar-refractivity contribution in [3.05, 3.63) is 71.5 Å². The van der Waals surface area contributed by atoms with Gasteiger partial charge in [0.25, 0.3) is 0 Å². The SMILES string of the molecule is CC(C)(C)c1ccc(CNC2OC2[C@H]2CN(c3cnc4c(n3)NC(=O)OC4)CCN2S(=O)(=O)c2ccc(OC(F)(F)F)cc2)cc1. The van der Waals surface area contributed by atoms with E-state index in [2.05, 4.69) is 58.2 Å². The van der Waals surface area contributed by atoms with E-state index in [0.717, 1.165) is 29.8 Å². The molecule has 1 aromatic heterocycles. The third-order valence-corrected chi connectivity index (χ3v) is 9.92. The molecule has 2 saturated heterocycles. The maximum Gasteiger partial charge on any atom is 0.573 e. The highest BCUT2D eigenvalue weighted by Gasteiger charge is 2.52. The fourth-order valence-electron chi connectivity index (χ4n) is 5.47. The highest BCUT2D eigenvalue weighted by atomic mass is 32.2. The molecule has 2 unspecified atom stereocenters. The molecule has 2 N–H and O–H groups in total. The van der Waals surface area contributed by atoms with Crippen LogP contribution in [0.1, 0.15) is 37.6 Å². The van der Waals surface area contributed by atoms with Gasteiger partial charge in [-0.15, -0.1) is 13.2 Å². The predicted molar refractivity (Wildman–Crippen MR) is 160 cm³/mol. The highest BCUT2D eigenvalue weighted by molar-refractivity contribution is 7.89. The summed E-state index contributed by atoms with van der Waals surface area (Å²) in [6, 6.07) is 11.6. The smallest absolute Gasteiger partial charge is 0.443 e. The minimum Gasteiger partial charge on any atom is -0.443 e. The van der Waals surface area contributed by atoms with Gasteiger partial charge in [0.15, 0.2) is 5.82 Å². The highest BCUT2D eigenvalue weighted by Crippen LogP contribution is 2.35. The van der Waals surface area contributed by atoms with Gasteiger partial charge in [-0.2, -0.15) is 4.31 Å². The van der Waals surface area contributed by atoms with E-state index in [4.69, 9.17) is 9.47 Å². The molecule has 4 heterocycles. The standard InChI is InChI=1S/C30H33F3N6O6S/c1-29(2,3)19-6-4-18(5-7-19)14-35-27-25(44-27)23-16-38(24-15-34-22-17-43-28(40)37-26(22)36-24)12-13-39(23)46(41,42)21-10-8-20(9-11-21)45-30(31,32)33/h4-11,15,23,25,27,35H,12-14,16-17H2,1-3H3,(H,36,37,40)/t23-,25?,27?/m1/s1. The number of carbonyl (C=O) groups excluding carboxylic acids is 1. The fraction of sp³-hybridized carbons (Fsp3) is 0.433. The third kappa shape index (κ3) is 7.04. The Morgan fingerprint density at radius 2 is 1.78 bits per heavy atom. The van der Waals surface area contributed by atoms with Crippen molar-refractivity contribution in [2.45, 2.75) is 69.0 Å². The van der Waals surface area contributed by atoms with E-state index in [1.54, 1.807) is 0 Å². The normalized spacial score (nSPS) is 22.1. The molecule has 0 spiro atoms. The molecule has 0 bridgehead atoms. The Morgan fingerprint density at radius 3 is 2.46 bits per heavy atom. The van der Waals surface area contributed by atoms with Crippen LogP contribution in [-0.2, 0) is 38.1 Å². The average molecular weight is 663 g/mol. The molecular formula is C30H33F3N6O6S. The van der Waals surface area contributed by atoms with Gasteiger partial charge >= 0.3 is 12.5 Å². The van der Waals surface area contributed by atoms with Gasteiger partial charge < -0.3 is 19.1 Å². The zero-order valence-corrected chi connectivity index (χ0v) is 26.1. The molecule has 1 amide bonds. The molecule has 16 heteroatoms. The van der Waals surface area contributed by atoms with Crippen molar-refractivity contribution in [1.29, 1.82) is 0 Å². The van der Waals surface area contributed by atoms with Gasteiger partial charge in [-0.1, -0.05) is 45.0 Å². The molecule has 3 atom stereocenters. The lowest BCUT2D eigenvalue weighted by Gasteiger charge is -2.40. The van der Waals surface area contributed by atoms with Gasteiger partial charge in [0.1, 0.15) is 36.2 Å². The molecule has 3 aromatic rings. The van der Waals surface area contributed by atoms with Crippen LogP contribution in [0, 0.1) is 0 Å². The molecule has 6 rings (SSSR count). The number of cyclic esters (lactones) is 1. The number of carbonyl (C=O) groups is 1. The van der Waals surface area contributed by atoms with E-state index < -0.39 is 46.6 Å². The number of rotatable bonds is 8. The van der Waals surface area contributed by atoms with Crippen LogP contribution in [0.4, 0.5) is 29.6 Å². The molecule has 3 aliphatic rings. The van der Waals surface area contributed by atoms with Gasteiger partial charge in [0, 0.05) is 26.2 Å². The second-order valence-corrected chi connectivity index (χ2v) is 14.1. The summed E-state index contributed by atoms with van der Waals surface area (Å²) in [5, 5.41) is 5.87. The van der Waals surface area contributed by atoms with Gasteiger partial charge in [0.05, 0.1) is 17.1 Å². The first-order chi connectivity index (χ1) is 21.7. The van der Waals surface area contributed by atoms with Crippen LogP contribution < -0.4 is 20.3 Å². The zero-order chi connectivity index (χ0) is 32.9. The lowest BCUT2D eigenvalue weighted by atomic mass is 9.87. The molecule has 12 nitrogen and oxygen atoms in total. The number of amides is 1. The largest absolute Gasteiger partial charge is 0.573 e. The van der Waals surface area contributed by atoms with Crippen LogP contribution in [-0.4, -0.2) is 73.2 Å². The summed E-state index contributed by atoms with van der Waals surface area (Å²) in [5.74, 6) is 0.170. The summed E-state index contributed by atoms with van der Waals surface area (Å²) < 4.78 is 81.9. The number of anilines is 2. The van der Waals surface area contributed by atoms with Crippen LogP contribution in [0.2, 0.25) is 0 Å². The number of hydrogen-bond donors (Lipinski definition) is 2. The Hall–Kier alpha value is -3.99. The van der Waals surface area contributed by atoms with E-state index in [1.807, 2.05) is 17.0 Å². The molecule has 3 aliphatic heterocycles. The molecule has 46 heavy (non-hydrogen) atoms. The molecule has 0 aliphatic carbocycles. The number of aromatic nitrogens is 2. The Kier molecular flexibility index (Phi) is 8.33. The van der Waals surface area contributed by atoms with Crippen molar-refractivity contribution < 1.29 is 40.6 Å². The summed E-state index contributed by atoms with van der Waals surface area (Å²) in [4.78, 5) is 22.3. The lowest BCUT2D eigenvalue weighted by Crippen LogP contribution is -2.58. The summed E-state index contributed by atoms with van der Waals surface area (Å²) in [6.07, 6.45) is -4.99. The summed E-state index contributed by atoms with van der Waals surface area (Å²) in [7, 11) is -4.16. The first-order valence-electron chi connectivity index (χ1n) is 14.6. The number of sulfonamides is 1. The number of epoxide rings is 1. The second-order valence-electron chi connectivity index (χ2n) is 12.2. The van der Waals surface area contributed by atoms with Crippen molar-refractivity contribution in [3.8, 4) is 5.75 Å². The predicted octanol–water partition coefficient (Wildman–Crippen LogP) is 4.13. The van der Waals surface area contributed by atoms with Crippen LogP contribution in [0.3, 0.4) is 0 Å². The monoisotopic (exact) mass is 662 g/mol. The summed E-state index contributed by atoms with van der Waals surface area (Å²) in [6.45, 7) is 7.33. The maximum atomic E-state index is 13.9. The van der Waals surface area contributed by atoms with Gasteiger partial charge in [-0.25, -0.2) is 23.2 Å². The second kappa shape index (κ2) is 12.0. The van der Waals surface area contributed by atoms with Crippen molar-refractivity contribution in [2.24, 2.45) is 0 Å². The zero-order valence-electron chi connectivity index (χ0n) is 25.2. The maximum absolute atomic E-state index is 13.9. The lowest BCUT2D eigenvalue weighted by molar-refractivity contribution is -0.274. The number of hydrogen-bond acceptors (Lipinski definition) is 10. The Labute approximate surface area is 263 Å². The summed E-state index contributed by atoms with van der Waals surface area (Å²) in [5.41, 5.74) is 2.72. The number of halogens is 3. The van der Waals surface area contributed by atoms with Crippen LogP contribution in [0.15, 0.2) is 59.6 Å². The number of benzene rings is 2. The van der Waals surface area contributed by atoms with Crippen molar-refractivity contribution in [1.82, 2.24) is 19.6 Å². The third-order valence-electron chi connectivity index (χ3n) is 7.98. The number of nitrogens with zero attached hydrogens (tertiary/aromatic N) is 4. The van der Waals surface area contributed by atoms with Gasteiger partial charge in [-0.05, 0) is 40.8 Å². The average Bonchev–Trinajstić information content (AvgIpc) is 3.78. The summed E-state index contributed by atoms with van der Waals surface area (Å²) >= 11 is 0. The molecular weight excluding hydrogens is 629 g/mol. The number of ether oxygens (including phenoxy) is 3. The number of nitrogens with one attached hydrogen (secondary N) is 2. The number of alkyl halides is 3. The van der Waals surface area contributed by atoms with Crippen LogP contribution >= 0.6 is 0 Å². The Bertz CT molecular complexity index is 1700. The minimum absolute atomic E-state index is 0.0158. The minimum atomic E-state index is -4.91. The number of fused-ring (bicyclic) bond motifs is 1. The van der Waals surface area contributed by atoms with Crippen LogP contribution in [0.25, 0.3) is 0 Å².